The van der Waals surface area contributed by atoms with Gasteiger partial charge in [0.05, 0.1) is 30.7 Å². The summed E-state index contributed by atoms with van der Waals surface area (Å²) in [7, 11) is 1.45. The summed E-state index contributed by atoms with van der Waals surface area (Å²) in [5.74, 6) is -2.05. The number of hydrogen-bond donors (Lipinski definition) is 1. The largest absolute Gasteiger partial charge is 0.468 e. The molecule has 0 aromatic carbocycles. The zero-order valence-electron chi connectivity index (χ0n) is 13.4. The molecule has 2 fully saturated rings. The van der Waals surface area contributed by atoms with Gasteiger partial charge in [-0.2, -0.15) is 0 Å². The topological polar surface area (TPSA) is 88.8 Å². The van der Waals surface area contributed by atoms with Gasteiger partial charge in [-0.05, 0) is 25.5 Å². The third-order valence-corrected chi connectivity index (χ3v) is 4.92. The van der Waals surface area contributed by atoms with Crippen LogP contribution in [0.15, 0.2) is 22.8 Å². The maximum Gasteiger partial charge on any atom is 0.327 e. The fraction of sp³-hybridized carbons (Fsp3) is 0.562. The van der Waals surface area contributed by atoms with E-state index in [1.807, 2.05) is 6.92 Å². The first-order valence-corrected chi connectivity index (χ1v) is 7.77. The summed E-state index contributed by atoms with van der Waals surface area (Å²) in [6.07, 6.45) is 1.85. The Kier molecular flexibility index (Phi) is 3.75. The Hall–Kier alpha value is -2.15. The van der Waals surface area contributed by atoms with Crippen LogP contribution in [0.1, 0.15) is 32.1 Å². The molecular formula is C16H20N2O5. The lowest BCUT2D eigenvalue weighted by Gasteiger charge is -2.31. The monoisotopic (exact) mass is 320 g/mol. The molecule has 4 atom stereocenters. The Labute approximate surface area is 134 Å². The van der Waals surface area contributed by atoms with Gasteiger partial charge in [-0.15, -0.1) is 0 Å². The van der Waals surface area contributed by atoms with Crippen LogP contribution >= 0.6 is 0 Å². The minimum absolute atomic E-state index is 0.211. The molecule has 1 aromatic heterocycles. The third-order valence-electron chi connectivity index (χ3n) is 4.92. The van der Waals surface area contributed by atoms with Crippen molar-refractivity contribution in [3.63, 3.8) is 0 Å². The Morgan fingerprint density at radius 1 is 1.39 bits per heavy atom. The average Bonchev–Trinajstić information content (AvgIpc) is 3.22. The van der Waals surface area contributed by atoms with Gasteiger partial charge in [-0.3, -0.25) is 24.6 Å². The Morgan fingerprint density at radius 3 is 2.70 bits per heavy atom. The van der Waals surface area contributed by atoms with Gasteiger partial charge in [0.15, 0.2) is 0 Å². The molecule has 0 aliphatic carbocycles. The number of likely N-dealkylation sites (tertiary alicyclic amines) is 1. The molecule has 3 heterocycles. The van der Waals surface area contributed by atoms with Crippen LogP contribution < -0.4 is 5.32 Å². The SMILES string of the molecule is CCOC(=O)[C@]1(CC)N[C@@H](c2ccco2)[C@H]2C(=O)N(C)C(=O)[C@@H]21. The van der Waals surface area contributed by atoms with E-state index in [1.165, 1.54) is 13.3 Å². The summed E-state index contributed by atoms with van der Waals surface area (Å²) in [4.78, 5) is 38.9. The Morgan fingerprint density at radius 2 is 2.13 bits per heavy atom. The molecule has 1 N–H and O–H groups in total. The molecule has 2 saturated heterocycles. The van der Waals surface area contributed by atoms with Crippen molar-refractivity contribution in [3.8, 4) is 0 Å². The predicted molar refractivity (Wildman–Crippen MR) is 79.0 cm³/mol. The highest BCUT2D eigenvalue weighted by Crippen LogP contribution is 2.50. The highest BCUT2D eigenvalue weighted by molar-refractivity contribution is 6.09. The van der Waals surface area contributed by atoms with Gasteiger partial charge in [0.25, 0.3) is 0 Å². The van der Waals surface area contributed by atoms with Crippen molar-refractivity contribution in [1.29, 1.82) is 0 Å². The van der Waals surface area contributed by atoms with E-state index >= 15 is 0 Å². The maximum absolute atomic E-state index is 12.6. The number of nitrogens with zero attached hydrogens (tertiary/aromatic N) is 1. The smallest absolute Gasteiger partial charge is 0.327 e. The quantitative estimate of drug-likeness (QED) is 0.654. The molecule has 2 aliphatic rings. The second-order valence-electron chi connectivity index (χ2n) is 5.92. The summed E-state index contributed by atoms with van der Waals surface area (Å²) in [6, 6.07) is 2.93. The van der Waals surface area contributed by atoms with Gasteiger partial charge in [0.1, 0.15) is 11.3 Å². The zero-order chi connectivity index (χ0) is 16.8. The number of carbonyl (C=O) groups is 3. The van der Waals surface area contributed by atoms with Crippen LogP contribution in [0.25, 0.3) is 0 Å². The average molecular weight is 320 g/mol. The Bertz CT molecular complexity index is 641. The maximum atomic E-state index is 12.6. The molecular weight excluding hydrogens is 300 g/mol. The van der Waals surface area contributed by atoms with Crippen LogP contribution in [0.4, 0.5) is 0 Å². The number of hydrogen-bond acceptors (Lipinski definition) is 6. The van der Waals surface area contributed by atoms with Crippen molar-refractivity contribution in [2.24, 2.45) is 11.8 Å². The first kappa shape index (κ1) is 15.7. The fourth-order valence-electron chi connectivity index (χ4n) is 3.77. The number of carbonyl (C=O) groups excluding carboxylic acids is 3. The molecule has 0 unspecified atom stereocenters. The fourth-order valence-corrected chi connectivity index (χ4v) is 3.77. The van der Waals surface area contributed by atoms with Crippen molar-refractivity contribution >= 4 is 17.8 Å². The van der Waals surface area contributed by atoms with Crippen molar-refractivity contribution in [2.75, 3.05) is 13.7 Å². The molecule has 0 bridgehead atoms. The second-order valence-corrected chi connectivity index (χ2v) is 5.92. The minimum Gasteiger partial charge on any atom is -0.468 e. The standard InChI is InChI=1S/C16H20N2O5/c1-4-16(15(21)22-5-2)11-10(13(19)18(3)14(11)20)12(17-16)9-7-6-8-23-9/h6-8,10-12,17H,4-5H2,1-3H3/t10-,11+,12-,16+/m0/s1. The van der Waals surface area contributed by atoms with E-state index in [-0.39, 0.29) is 18.4 Å². The summed E-state index contributed by atoms with van der Waals surface area (Å²) in [6.45, 7) is 3.73. The van der Waals surface area contributed by atoms with E-state index in [0.717, 1.165) is 4.90 Å². The second kappa shape index (κ2) is 5.49. The van der Waals surface area contributed by atoms with Crippen LogP contribution in [0, 0.1) is 11.8 Å². The molecule has 0 spiro atoms. The van der Waals surface area contributed by atoms with Crippen LogP contribution in [0.3, 0.4) is 0 Å². The number of furan rings is 1. The van der Waals surface area contributed by atoms with Gasteiger partial charge >= 0.3 is 5.97 Å². The predicted octanol–water partition coefficient (Wildman–Crippen LogP) is 0.867. The van der Waals surface area contributed by atoms with E-state index in [0.29, 0.717) is 12.2 Å². The van der Waals surface area contributed by atoms with E-state index < -0.39 is 29.4 Å². The van der Waals surface area contributed by atoms with E-state index in [2.05, 4.69) is 5.32 Å². The molecule has 1 aromatic rings. The summed E-state index contributed by atoms with van der Waals surface area (Å²) >= 11 is 0. The first-order chi connectivity index (χ1) is 11.0. The van der Waals surface area contributed by atoms with Gasteiger partial charge in [-0.25, -0.2) is 0 Å². The molecule has 23 heavy (non-hydrogen) atoms. The molecule has 7 nitrogen and oxygen atoms in total. The lowest BCUT2D eigenvalue weighted by molar-refractivity contribution is -0.156. The van der Waals surface area contributed by atoms with Crippen LogP contribution in [0.5, 0.6) is 0 Å². The summed E-state index contributed by atoms with van der Waals surface area (Å²) in [5, 5.41) is 3.19. The number of fused-ring (bicyclic) bond motifs is 1. The number of rotatable bonds is 4. The molecule has 0 saturated carbocycles. The van der Waals surface area contributed by atoms with E-state index in [9.17, 15) is 14.4 Å². The van der Waals surface area contributed by atoms with Crippen molar-refractivity contribution in [2.45, 2.75) is 31.8 Å². The normalized spacial score (nSPS) is 33.2. The first-order valence-electron chi connectivity index (χ1n) is 7.77. The number of esters is 1. The number of ether oxygens (including phenoxy) is 1. The van der Waals surface area contributed by atoms with Crippen LogP contribution in [0.2, 0.25) is 0 Å². The highest BCUT2D eigenvalue weighted by Gasteiger charge is 2.68. The summed E-state index contributed by atoms with van der Waals surface area (Å²) < 4.78 is 10.6. The molecule has 2 aliphatic heterocycles. The third kappa shape index (κ3) is 2.03. The molecule has 3 rings (SSSR count). The van der Waals surface area contributed by atoms with E-state index in [4.69, 9.17) is 9.15 Å². The lowest BCUT2D eigenvalue weighted by atomic mass is 9.78. The number of nitrogens with one attached hydrogen (secondary N) is 1. The molecule has 124 valence electrons. The number of amides is 2. The van der Waals surface area contributed by atoms with Gasteiger partial charge in [-0.1, -0.05) is 6.92 Å². The highest BCUT2D eigenvalue weighted by atomic mass is 16.5. The Balaban J connectivity index is 2.10. The molecule has 7 heteroatoms. The van der Waals surface area contributed by atoms with Crippen molar-refractivity contribution in [3.05, 3.63) is 24.2 Å². The molecule has 0 radical (unpaired) electrons. The van der Waals surface area contributed by atoms with Gasteiger partial charge < -0.3 is 9.15 Å². The van der Waals surface area contributed by atoms with Crippen LogP contribution in [-0.2, 0) is 19.1 Å². The zero-order valence-corrected chi connectivity index (χ0v) is 13.4. The minimum atomic E-state index is -1.21. The van der Waals surface area contributed by atoms with Crippen LogP contribution in [-0.4, -0.2) is 41.9 Å². The van der Waals surface area contributed by atoms with Gasteiger partial charge in [0.2, 0.25) is 11.8 Å². The molecule has 2 amide bonds. The summed E-state index contributed by atoms with van der Waals surface area (Å²) in [5.41, 5.74) is -1.21. The van der Waals surface area contributed by atoms with Crippen molar-refractivity contribution in [1.82, 2.24) is 10.2 Å². The van der Waals surface area contributed by atoms with Gasteiger partial charge in [0, 0.05) is 7.05 Å². The lowest BCUT2D eigenvalue weighted by Crippen LogP contribution is -2.55. The van der Waals surface area contributed by atoms with E-state index in [1.54, 1.807) is 19.1 Å². The van der Waals surface area contributed by atoms with Crippen molar-refractivity contribution < 1.29 is 23.5 Å². The number of imide groups is 1.